The minimum atomic E-state index is -0.191. The van der Waals surface area contributed by atoms with Crippen molar-refractivity contribution in [2.24, 2.45) is 0 Å². The summed E-state index contributed by atoms with van der Waals surface area (Å²) in [7, 11) is 0. The van der Waals surface area contributed by atoms with E-state index in [4.69, 9.17) is 4.42 Å². The molecule has 1 saturated carbocycles. The topological polar surface area (TPSA) is 30.2 Å². The number of benzene rings is 1. The summed E-state index contributed by atoms with van der Waals surface area (Å²) < 4.78 is 5.47. The van der Waals surface area contributed by atoms with Crippen LogP contribution in [-0.2, 0) is 0 Å². The third kappa shape index (κ3) is 1.99. The number of hydrogen-bond acceptors (Lipinski definition) is 2. The normalized spacial score (nSPS) is 17.4. The average Bonchev–Trinajstić information content (AvgIpc) is 2.40. The fourth-order valence-electron chi connectivity index (χ4n) is 2.74. The van der Waals surface area contributed by atoms with Gasteiger partial charge in [0, 0.05) is 5.92 Å². The second-order valence-corrected chi connectivity index (χ2v) is 4.86. The van der Waals surface area contributed by atoms with E-state index in [9.17, 15) is 4.79 Å². The number of hydrogen-bond donors (Lipinski definition) is 0. The van der Waals surface area contributed by atoms with Crippen LogP contribution in [0.1, 0.15) is 43.8 Å². The van der Waals surface area contributed by atoms with Crippen LogP contribution in [0.5, 0.6) is 0 Å². The molecule has 0 amide bonds. The van der Waals surface area contributed by atoms with Gasteiger partial charge in [0.2, 0.25) is 0 Å². The van der Waals surface area contributed by atoms with E-state index < -0.39 is 0 Å². The van der Waals surface area contributed by atoms with Gasteiger partial charge < -0.3 is 4.42 Å². The lowest BCUT2D eigenvalue weighted by atomic mass is 9.87. The maximum atomic E-state index is 11.9. The first-order valence-electron chi connectivity index (χ1n) is 6.37. The Morgan fingerprint density at radius 2 is 1.82 bits per heavy atom. The van der Waals surface area contributed by atoms with Gasteiger partial charge in [-0.15, -0.1) is 0 Å². The molecule has 1 heterocycles. The molecular weight excluding hydrogens is 212 g/mol. The summed E-state index contributed by atoms with van der Waals surface area (Å²) in [5.41, 5.74) is -0.191. The van der Waals surface area contributed by atoms with E-state index in [2.05, 4.69) is 0 Å². The van der Waals surface area contributed by atoms with Gasteiger partial charge in [0.15, 0.2) is 0 Å². The molecule has 0 N–H and O–H groups in total. The molecule has 0 saturated heterocycles. The smallest absolute Gasteiger partial charge is 0.343 e. The summed E-state index contributed by atoms with van der Waals surface area (Å²) >= 11 is 0. The van der Waals surface area contributed by atoms with Gasteiger partial charge in [-0.05, 0) is 30.4 Å². The summed E-state index contributed by atoms with van der Waals surface area (Å²) in [6.45, 7) is 0. The minimum Gasteiger partial charge on any atom is -0.427 e. The quantitative estimate of drug-likeness (QED) is 0.742. The molecule has 1 aliphatic carbocycles. The zero-order valence-corrected chi connectivity index (χ0v) is 9.82. The van der Waals surface area contributed by atoms with E-state index in [0.717, 1.165) is 24.0 Å². The Balaban J connectivity index is 2.08. The van der Waals surface area contributed by atoms with Crippen molar-refractivity contribution in [2.75, 3.05) is 0 Å². The summed E-state index contributed by atoms with van der Waals surface area (Å²) in [4.78, 5) is 11.9. The van der Waals surface area contributed by atoms with Crippen molar-refractivity contribution in [1.29, 1.82) is 0 Å². The van der Waals surface area contributed by atoms with Gasteiger partial charge in [0.05, 0.1) is 5.39 Å². The number of fused-ring (bicyclic) bond motifs is 1. The molecule has 17 heavy (non-hydrogen) atoms. The van der Waals surface area contributed by atoms with E-state index in [1.807, 2.05) is 30.3 Å². The van der Waals surface area contributed by atoms with E-state index in [0.29, 0.717) is 11.3 Å². The highest BCUT2D eigenvalue weighted by Gasteiger charge is 2.18. The van der Waals surface area contributed by atoms with E-state index in [1.165, 1.54) is 19.3 Å². The Morgan fingerprint density at radius 1 is 1.06 bits per heavy atom. The van der Waals surface area contributed by atoms with Crippen molar-refractivity contribution in [1.82, 2.24) is 0 Å². The number of rotatable bonds is 1. The van der Waals surface area contributed by atoms with Crippen LogP contribution < -0.4 is 5.63 Å². The van der Waals surface area contributed by atoms with Gasteiger partial charge in [-0.3, -0.25) is 0 Å². The second kappa shape index (κ2) is 4.36. The Kier molecular flexibility index (Phi) is 2.71. The first kappa shape index (κ1) is 10.6. The standard InChI is InChI=1S/C15H16O2/c16-15-13-9-5-4-8-12(13)10-14(17-15)11-6-2-1-3-7-11/h4-5,8-11H,1-3,6-7H2. The third-order valence-electron chi connectivity index (χ3n) is 3.70. The lowest BCUT2D eigenvalue weighted by Crippen LogP contribution is -2.09. The summed E-state index contributed by atoms with van der Waals surface area (Å²) in [6, 6.07) is 9.70. The minimum absolute atomic E-state index is 0.191. The molecule has 88 valence electrons. The molecule has 0 bridgehead atoms. The highest BCUT2D eigenvalue weighted by molar-refractivity contribution is 5.81. The van der Waals surface area contributed by atoms with Gasteiger partial charge in [-0.2, -0.15) is 0 Å². The molecule has 3 rings (SSSR count). The fourth-order valence-corrected chi connectivity index (χ4v) is 2.74. The molecule has 0 spiro atoms. The molecule has 0 radical (unpaired) electrons. The zero-order valence-electron chi connectivity index (χ0n) is 9.82. The lowest BCUT2D eigenvalue weighted by molar-refractivity contribution is 0.358. The van der Waals surface area contributed by atoms with Crippen molar-refractivity contribution in [3.05, 3.63) is 46.5 Å². The van der Waals surface area contributed by atoms with Gasteiger partial charge in [0.1, 0.15) is 5.76 Å². The van der Waals surface area contributed by atoms with Crippen molar-refractivity contribution >= 4 is 10.8 Å². The first-order valence-corrected chi connectivity index (χ1v) is 6.37. The average molecular weight is 228 g/mol. The van der Waals surface area contributed by atoms with Gasteiger partial charge in [-0.1, -0.05) is 37.5 Å². The molecule has 1 fully saturated rings. The largest absolute Gasteiger partial charge is 0.427 e. The van der Waals surface area contributed by atoms with Crippen LogP contribution in [-0.4, -0.2) is 0 Å². The molecule has 1 aliphatic rings. The molecule has 0 aliphatic heterocycles. The summed E-state index contributed by atoms with van der Waals surface area (Å²) in [5.74, 6) is 1.33. The zero-order chi connectivity index (χ0) is 11.7. The fraction of sp³-hybridized carbons (Fsp3) is 0.400. The molecule has 2 nitrogen and oxygen atoms in total. The summed E-state index contributed by atoms with van der Waals surface area (Å²) in [5, 5.41) is 1.69. The highest BCUT2D eigenvalue weighted by Crippen LogP contribution is 2.32. The van der Waals surface area contributed by atoms with E-state index in [-0.39, 0.29) is 5.63 Å². The van der Waals surface area contributed by atoms with Crippen molar-refractivity contribution in [3.63, 3.8) is 0 Å². The Bertz CT molecular complexity index is 577. The van der Waals surface area contributed by atoms with E-state index >= 15 is 0 Å². The van der Waals surface area contributed by atoms with Gasteiger partial charge >= 0.3 is 5.63 Å². The van der Waals surface area contributed by atoms with Crippen LogP contribution in [0.2, 0.25) is 0 Å². The van der Waals surface area contributed by atoms with Crippen LogP contribution in [0.25, 0.3) is 10.8 Å². The predicted molar refractivity (Wildman–Crippen MR) is 68.3 cm³/mol. The van der Waals surface area contributed by atoms with Crippen LogP contribution in [0, 0.1) is 0 Å². The molecular formula is C15H16O2. The van der Waals surface area contributed by atoms with Crippen molar-refractivity contribution in [3.8, 4) is 0 Å². The molecule has 2 heteroatoms. The predicted octanol–water partition coefficient (Wildman–Crippen LogP) is 3.84. The van der Waals surface area contributed by atoms with Gasteiger partial charge in [0.25, 0.3) is 0 Å². The van der Waals surface area contributed by atoms with Gasteiger partial charge in [-0.25, -0.2) is 4.79 Å². The molecule has 1 aromatic carbocycles. The van der Waals surface area contributed by atoms with Crippen molar-refractivity contribution in [2.45, 2.75) is 38.0 Å². The Labute approximate surface area is 100 Å². The maximum Gasteiger partial charge on any atom is 0.343 e. The third-order valence-corrected chi connectivity index (χ3v) is 3.70. The second-order valence-electron chi connectivity index (χ2n) is 4.86. The molecule has 1 aromatic heterocycles. The van der Waals surface area contributed by atoms with E-state index in [1.54, 1.807) is 0 Å². The van der Waals surface area contributed by atoms with Crippen LogP contribution in [0.4, 0.5) is 0 Å². The summed E-state index contributed by atoms with van der Waals surface area (Å²) in [6.07, 6.45) is 6.12. The first-order chi connectivity index (χ1) is 8.34. The maximum absolute atomic E-state index is 11.9. The molecule has 0 unspecified atom stereocenters. The van der Waals surface area contributed by atoms with Crippen molar-refractivity contribution < 1.29 is 4.42 Å². The van der Waals surface area contributed by atoms with Crippen LogP contribution >= 0.6 is 0 Å². The molecule has 2 aromatic rings. The van der Waals surface area contributed by atoms with Crippen LogP contribution in [0.15, 0.2) is 39.5 Å². The molecule has 0 atom stereocenters. The monoisotopic (exact) mass is 228 g/mol. The van der Waals surface area contributed by atoms with Crippen LogP contribution in [0.3, 0.4) is 0 Å². The Hall–Kier alpha value is -1.57. The SMILES string of the molecule is O=c1oc(C2CCCCC2)cc2ccccc12. The highest BCUT2D eigenvalue weighted by atomic mass is 16.4. The Morgan fingerprint density at radius 3 is 2.65 bits per heavy atom. The lowest BCUT2D eigenvalue weighted by Gasteiger charge is -2.20.